The number of benzene rings is 3. The molecule has 37 heavy (non-hydrogen) atoms. The maximum atomic E-state index is 12.5. The average molecular weight is 505 g/mol. The fourth-order valence-corrected chi connectivity index (χ4v) is 3.24. The highest BCUT2D eigenvalue weighted by atomic mass is 16.7. The van der Waals surface area contributed by atoms with Gasteiger partial charge in [-0.1, -0.05) is 44.9 Å². The van der Waals surface area contributed by atoms with Gasteiger partial charge in [-0.2, -0.15) is 0 Å². The van der Waals surface area contributed by atoms with Crippen molar-refractivity contribution >= 4 is 11.9 Å². The zero-order chi connectivity index (χ0) is 26.3. The summed E-state index contributed by atoms with van der Waals surface area (Å²) in [5.74, 6) is 1.41. The topological polar surface area (TPSA) is 80.3 Å². The molecule has 194 valence electrons. The summed E-state index contributed by atoms with van der Waals surface area (Å²) in [4.78, 5) is 23.5. The van der Waals surface area contributed by atoms with Crippen LogP contribution >= 0.6 is 0 Å². The number of esters is 2. The highest BCUT2D eigenvalue weighted by Gasteiger charge is 2.09. The van der Waals surface area contributed by atoms with Gasteiger partial charge in [0.2, 0.25) is 6.79 Å². The minimum atomic E-state index is -0.548. The SMILES string of the molecule is C=CC(=O)OCOc1ccc(OCc2ccc(OC(=O)c3ccc(OCCCCCC)cc3)cc2)cc1. The molecule has 0 atom stereocenters. The van der Waals surface area contributed by atoms with Crippen LogP contribution in [-0.4, -0.2) is 25.3 Å². The van der Waals surface area contributed by atoms with Gasteiger partial charge in [-0.25, -0.2) is 9.59 Å². The van der Waals surface area contributed by atoms with Gasteiger partial charge < -0.3 is 23.7 Å². The van der Waals surface area contributed by atoms with E-state index in [2.05, 4.69) is 13.5 Å². The lowest BCUT2D eigenvalue weighted by Gasteiger charge is -2.10. The molecule has 3 rings (SSSR count). The van der Waals surface area contributed by atoms with Crippen molar-refractivity contribution in [2.24, 2.45) is 0 Å². The predicted octanol–water partition coefficient (Wildman–Crippen LogP) is 6.51. The molecule has 0 aliphatic carbocycles. The van der Waals surface area contributed by atoms with Crippen molar-refractivity contribution < 1.29 is 33.3 Å². The third kappa shape index (κ3) is 9.72. The fourth-order valence-electron chi connectivity index (χ4n) is 3.24. The Labute approximate surface area is 217 Å². The quantitative estimate of drug-likeness (QED) is 0.0767. The number of carbonyl (C=O) groups excluding carboxylic acids is 2. The van der Waals surface area contributed by atoms with Gasteiger partial charge in [0.1, 0.15) is 29.6 Å². The Morgan fingerprint density at radius 3 is 1.97 bits per heavy atom. The van der Waals surface area contributed by atoms with Crippen LogP contribution in [0.15, 0.2) is 85.5 Å². The zero-order valence-electron chi connectivity index (χ0n) is 21.0. The lowest BCUT2D eigenvalue weighted by molar-refractivity contribution is -0.144. The van der Waals surface area contributed by atoms with E-state index in [1.807, 2.05) is 12.1 Å². The first kappa shape index (κ1) is 27.3. The molecule has 7 heteroatoms. The minimum absolute atomic E-state index is 0.194. The van der Waals surface area contributed by atoms with Gasteiger partial charge in [-0.3, -0.25) is 0 Å². The normalized spacial score (nSPS) is 10.3. The van der Waals surface area contributed by atoms with Crippen LogP contribution in [0.25, 0.3) is 0 Å². The molecule has 0 saturated heterocycles. The molecule has 0 spiro atoms. The molecule has 0 fully saturated rings. The first-order chi connectivity index (χ1) is 18.1. The van der Waals surface area contributed by atoms with E-state index in [4.69, 9.17) is 23.7 Å². The van der Waals surface area contributed by atoms with E-state index < -0.39 is 11.9 Å². The van der Waals surface area contributed by atoms with Gasteiger partial charge in [-0.05, 0) is 72.6 Å². The van der Waals surface area contributed by atoms with Crippen molar-refractivity contribution in [2.45, 2.75) is 39.2 Å². The van der Waals surface area contributed by atoms with Crippen LogP contribution in [0, 0.1) is 0 Å². The molecule has 0 saturated carbocycles. The Kier molecular flexibility index (Phi) is 11.1. The van der Waals surface area contributed by atoms with Crippen molar-refractivity contribution in [3.05, 3.63) is 96.6 Å². The average Bonchev–Trinajstić information content (AvgIpc) is 2.93. The summed E-state index contributed by atoms with van der Waals surface area (Å²) in [6.45, 7) is 6.31. The first-order valence-electron chi connectivity index (χ1n) is 12.3. The molecule has 0 aliphatic rings. The summed E-state index contributed by atoms with van der Waals surface area (Å²) in [5.41, 5.74) is 1.37. The van der Waals surface area contributed by atoms with E-state index in [9.17, 15) is 9.59 Å². The number of hydrogen-bond acceptors (Lipinski definition) is 7. The van der Waals surface area contributed by atoms with Crippen LogP contribution in [0.1, 0.15) is 48.5 Å². The first-order valence-corrected chi connectivity index (χ1v) is 12.3. The molecule has 0 aromatic heterocycles. The fraction of sp³-hybridized carbons (Fsp3) is 0.267. The van der Waals surface area contributed by atoms with Crippen LogP contribution in [0.3, 0.4) is 0 Å². The maximum Gasteiger partial charge on any atom is 0.343 e. The molecule has 0 heterocycles. The Morgan fingerprint density at radius 1 is 0.730 bits per heavy atom. The maximum absolute atomic E-state index is 12.5. The van der Waals surface area contributed by atoms with E-state index >= 15 is 0 Å². The van der Waals surface area contributed by atoms with Gasteiger partial charge in [0.25, 0.3) is 0 Å². The highest BCUT2D eigenvalue weighted by molar-refractivity contribution is 5.91. The molecule has 0 N–H and O–H groups in total. The summed E-state index contributed by atoms with van der Waals surface area (Å²) in [6, 6.07) is 21.0. The summed E-state index contributed by atoms with van der Waals surface area (Å²) in [7, 11) is 0. The van der Waals surface area contributed by atoms with Crippen molar-refractivity contribution in [1.29, 1.82) is 0 Å². The van der Waals surface area contributed by atoms with Gasteiger partial charge in [0, 0.05) is 6.08 Å². The molecular formula is C30H32O7. The summed E-state index contributed by atoms with van der Waals surface area (Å²) < 4.78 is 27.1. The Morgan fingerprint density at radius 2 is 1.32 bits per heavy atom. The van der Waals surface area contributed by atoms with Crippen molar-refractivity contribution in [2.75, 3.05) is 13.4 Å². The standard InChI is InChI=1S/C30H32O7/c1-3-5-6-7-20-33-25-14-10-24(11-15-25)30(32)37-28-12-8-23(9-13-28)21-34-26-16-18-27(19-17-26)35-22-36-29(31)4-2/h4,8-19H,2-3,5-7,20-22H2,1H3. The molecule has 0 amide bonds. The van der Waals surface area contributed by atoms with Crippen molar-refractivity contribution in [3.63, 3.8) is 0 Å². The van der Waals surface area contributed by atoms with Crippen LogP contribution in [0.4, 0.5) is 0 Å². The monoisotopic (exact) mass is 504 g/mol. The Balaban J connectivity index is 1.41. The van der Waals surface area contributed by atoms with E-state index in [0.29, 0.717) is 36.0 Å². The van der Waals surface area contributed by atoms with E-state index in [1.54, 1.807) is 60.7 Å². The second-order valence-electron chi connectivity index (χ2n) is 8.16. The van der Waals surface area contributed by atoms with E-state index in [-0.39, 0.29) is 6.79 Å². The lowest BCUT2D eigenvalue weighted by atomic mass is 10.2. The Hall–Kier alpha value is -4.26. The van der Waals surface area contributed by atoms with Crippen LogP contribution in [0.5, 0.6) is 23.0 Å². The van der Waals surface area contributed by atoms with Crippen LogP contribution in [-0.2, 0) is 16.1 Å². The highest BCUT2D eigenvalue weighted by Crippen LogP contribution is 2.21. The third-order valence-corrected chi connectivity index (χ3v) is 5.31. The lowest BCUT2D eigenvalue weighted by Crippen LogP contribution is -2.08. The zero-order valence-corrected chi connectivity index (χ0v) is 21.0. The molecule has 3 aromatic rings. The molecule has 0 aliphatic heterocycles. The number of unbranched alkanes of at least 4 members (excludes halogenated alkanes) is 3. The summed E-state index contributed by atoms with van der Waals surface area (Å²) in [6.07, 6.45) is 5.66. The van der Waals surface area contributed by atoms with Gasteiger partial charge in [0.05, 0.1) is 12.2 Å². The van der Waals surface area contributed by atoms with Crippen LogP contribution in [0.2, 0.25) is 0 Å². The minimum Gasteiger partial charge on any atom is -0.494 e. The third-order valence-electron chi connectivity index (χ3n) is 5.31. The molecule has 0 bridgehead atoms. The predicted molar refractivity (Wildman–Crippen MR) is 140 cm³/mol. The molecule has 0 unspecified atom stereocenters. The Bertz CT molecular complexity index is 1120. The van der Waals surface area contributed by atoms with E-state index in [0.717, 1.165) is 30.2 Å². The number of hydrogen-bond donors (Lipinski definition) is 0. The van der Waals surface area contributed by atoms with Crippen LogP contribution < -0.4 is 18.9 Å². The summed E-state index contributed by atoms with van der Waals surface area (Å²) >= 11 is 0. The van der Waals surface area contributed by atoms with Gasteiger partial charge in [-0.15, -0.1) is 0 Å². The number of ether oxygens (including phenoxy) is 5. The molecular weight excluding hydrogens is 472 g/mol. The van der Waals surface area contributed by atoms with E-state index in [1.165, 1.54) is 12.8 Å². The molecule has 3 aromatic carbocycles. The smallest absolute Gasteiger partial charge is 0.343 e. The summed E-state index contributed by atoms with van der Waals surface area (Å²) in [5, 5.41) is 0. The van der Waals surface area contributed by atoms with Crippen molar-refractivity contribution in [3.8, 4) is 23.0 Å². The number of rotatable bonds is 15. The second kappa shape index (κ2) is 15.0. The van der Waals surface area contributed by atoms with Crippen molar-refractivity contribution in [1.82, 2.24) is 0 Å². The second-order valence-corrected chi connectivity index (χ2v) is 8.16. The van der Waals surface area contributed by atoms with Gasteiger partial charge >= 0.3 is 11.9 Å². The molecule has 0 radical (unpaired) electrons. The largest absolute Gasteiger partial charge is 0.494 e. The van der Waals surface area contributed by atoms with Gasteiger partial charge in [0.15, 0.2) is 0 Å². The molecule has 7 nitrogen and oxygen atoms in total. The number of carbonyl (C=O) groups is 2.